The summed E-state index contributed by atoms with van der Waals surface area (Å²) in [6.07, 6.45) is -4.07. The number of hydrogen-bond donors (Lipinski definition) is 0. The highest BCUT2D eigenvalue weighted by atomic mass is 32.2. The van der Waals surface area contributed by atoms with Crippen LogP contribution in [0, 0.1) is 0 Å². The number of alkyl halides is 6. The van der Waals surface area contributed by atoms with Gasteiger partial charge in [0.15, 0.2) is 0 Å². The van der Waals surface area contributed by atoms with Gasteiger partial charge < -0.3 is 17.6 Å². The zero-order valence-electron chi connectivity index (χ0n) is 13.8. The molecule has 154 valence electrons. The second-order valence-corrected chi connectivity index (χ2v) is 7.44. The second-order valence-electron chi connectivity index (χ2n) is 5.06. The molecule has 0 amide bonds. The van der Waals surface area contributed by atoms with E-state index in [1.54, 1.807) is 6.92 Å². The van der Waals surface area contributed by atoms with E-state index in [2.05, 4.69) is 17.2 Å². The highest BCUT2D eigenvalue weighted by Gasteiger charge is 2.45. The summed E-state index contributed by atoms with van der Waals surface area (Å²) < 4.78 is 104. The van der Waals surface area contributed by atoms with Crippen LogP contribution in [0.2, 0.25) is 0 Å². The summed E-state index contributed by atoms with van der Waals surface area (Å²) in [7, 11) is -5.88. The summed E-state index contributed by atoms with van der Waals surface area (Å²) in [4.78, 5) is 20.0. The Morgan fingerprint density at radius 2 is 1.46 bits per heavy atom. The number of hydrogen-bond acceptors (Lipinski definition) is 3. The first kappa shape index (κ1) is 26.9. The van der Waals surface area contributed by atoms with Crippen LogP contribution < -0.4 is 0 Å². The molecule has 0 aromatic rings. The summed E-state index contributed by atoms with van der Waals surface area (Å²) in [6.45, 7) is 1.56. The number of allylic oxidation sites excluding steroid dienone is 2. The zero-order valence-corrected chi connectivity index (χ0v) is 14.6. The lowest BCUT2D eigenvalue weighted by Gasteiger charge is -2.17. The monoisotopic (exact) mass is 422 g/mol. The van der Waals surface area contributed by atoms with E-state index >= 15 is 0 Å². The predicted octanol–water partition coefficient (Wildman–Crippen LogP) is 4.16. The van der Waals surface area contributed by atoms with Crippen molar-refractivity contribution in [1.82, 2.24) is 0 Å². The fourth-order valence-electron chi connectivity index (χ4n) is 1.21. The van der Waals surface area contributed by atoms with E-state index in [1.165, 1.54) is 0 Å². The van der Waals surface area contributed by atoms with Gasteiger partial charge in [0.05, 0.1) is 12.5 Å². The molecular formula is C12H16BF9O3S. The Morgan fingerprint density at radius 3 is 1.73 bits per heavy atom. The number of carbonyl (C=O) groups is 2. The predicted molar refractivity (Wildman–Crippen MR) is 79.4 cm³/mol. The van der Waals surface area contributed by atoms with Gasteiger partial charge in [-0.25, -0.2) is 4.79 Å². The third kappa shape index (κ3) is 16.2. The minimum absolute atomic E-state index is 0.304. The lowest BCUT2D eigenvalue weighted by molar-refractivity contribution is -0.193. The molecule has 0 rings (SSSR count). The molecule has 0 aromatic heterocycles. The van der Waals surface area contributed by atoms with Gasteiger partial charge in [-0.05, 0) is 36.7 Å². The normalized spacial score (nSPS) is 13.2. The molecule has 0 aliphatic heterocycles. The molecule has 0 saturated carbocycles. The van der Waals surface area contributed by atoms with Gasteiger partial charge in [-0.2, -0.15) is 26.3 Å². The maximum absolute atomic E-state index is 11.9. The first-order valence-corrected chi connectivity index (χ1v) is 8.88. The fourth-order valence-corrected chi connectivity index (χ4v) is 1.93. The SMILES string of the molecule is C/C(=C\C(=O)C(F)(F)F)CCC[S+](C)C.O=C(O[B-](F)(F)F)C(F)(F)F. The van der Waals surface area contributed by atoms with Crippen LogP contribution in [0.15, 0.2) is 11.6 Å². The number of carbonyl (C=O) groups excluding carboxylic acids is 2. The van der Waals surface area contributed by atoms with Crippen LogP contribution in [0.1, 0.15) is 19.8 Å². The summed E-state index contributed by atoms with van der Waals surface area (Å²) >= 11 is 0. The fraction of sp³-hybridized carbons (Fsp3) is 0.667. The zero-order chi connectivity index (χ0) is 21.3. The van der Waals surface area contributed by atoms with Crippen LogP contribution in [0.3, 0.4) is 0 Å². The van der Waals surface area contributed by atoms with E-state index in [9.17, 15) is 48.9 Å². The molecule has 0 spiro atoms. The van der Waals surface area contributed by atoms with Crippen molar-refractivity contribution in [3.8, 4) is 0 Å². The number of halogens is 9. The van der Waals surface area contributed by atoms with E-state index in [1.807, 2.05) is 0 Å². The Labute approximate surface area is 146 Å². The molecule has 26 heavy (non-hydrogen) atoms. The smallest absolute Gasteiger partial charge is 0.602 e. The van der Waals surface area contributed by atoms with Crippen molar-refractivity contribution in [2.45, 2.75) is 32.1 Å². The molecule has 0 atom stereocenters. The lowest BCUT2D eigenvalue weighted by atomic mass is 10.1. The Morgan fingerprint density at radius 1 is 1.00 bits per heavy atom. The highest BCUT2D eigenvalue weighted by Crippen LogP contribution is 2.21. The molecule has 0 unspecified atom stereocenters. The van der Waals surface area contributed by atoms with Gasteiger partial charge in [-0.15, -0.1) is 0 Å². The Balaban J connectivity index is 0. The first-order valence-electron chi connectivity index (χ1n) is 6.67. The van der Waals surface area contributed by atoms with Crippen LogP contribution in [-0.2, 0) is 25.1 Å². The minimum Gasteiger partial charge on any atom is -0.602 e. The van der Waals surface area contributed by atoms with E-state index in [0.29, 0.717) is 29.0 Å². The van der Waals surface area contributed by atoms with E-state index in [0.717, 1.165) is 12.2 Å². The maximum atomic E-state index is 11.9. The van der Waals surface area contributed by atoms with E-state index in [4.69, 9.17) is 0 Å². The third-order valence-electron chi connectivity index (χ3n) is 2.25. The van der Waals surface area contributed by atoms with Gasteiger partial charge in [0.25, 0.3) is 5.78 Å². The first-order chi connectivity index (χ1) is 11.4. The van der Waals surface area contributed by atoms with Crippen LogP contribution in [0.4, 0.5) is 39.3 Å². The maximum Gasteiger partial charge on any atom is 0.702 e. The van der Waals surface area contributed by atoms with Gasteiger partial charge in [-0.1, -0.05) is 5.57 Å². The van der Waals surface area contributed by atoms with Crippen LogP contribution in [0.5, 0.6) is 0 Å². The van der Waals surface area contributed by atoms with Crippen molar-refractivity contribution in [2.75, 3.05) is 18.3 Å². The van der Waals surface area contributed by atoms with Crippen molar-refractivity contribution in [2.24, 2.45) is 0 Å². The standard InChI is InChI=1S/C10H16F3OS.C2BF6O2/c1-8(5-4-6-15(2)3)7-9(14)10(11,12)13;4-2(5,6)1(10)11-3(7,8)9/h7H,4-6H2,1-3H3;/q+1;-1/b8-7+;. The molecule has 0 aliphatic carbocycles. The molecule has 0 fully saturated rings. The van der Waals surface area contributed by atoms with Crippen LogP contribution >= 0.6 is 0 Å². The number of rotatable bonds is 6. The number of ketones is 1. The Bertz CT molecular complexity index is 496. The Kier molecular flexibility index (Phi) is 11.1. The minimum atomic E-state index is -6.18. The van der Waals surface area contributed by atoms with Crippen molar-refractivity contribution >= 4 is 29.8 Å². The van der Waals surface area contributed by atoms with Crippen molar-refractivity contribution in [1.29, 1.82) is 0 Å². The average molecular weight is 422 g/mol. The van der Waals surface area contributed by atoms with Gasteiger partial charge in [0.1, 0.15) is 5.75 Å². The molecule has 0 saturated heterocycles. The quantitative estimate of drug-likeness (QED) is 0.280. The summed E-state index contributed by atoms with van der Waals surface area (Å²) in [6, 6.07) is 0. The third-order valence-corrected chi connectivity index (χ3v) is 3.36. The summed E-state index contributed by atoms with van der Waals surface area (Å²) in [5, 5.41) is 0. The average Bonchev–Trinajstić information content (AvgIpc) is 2.34. The molecule has 0 N–H and O–H groups in total. The molecule has 3 nitrogen and oxygen atoms in total. The lowest BCUT2D eigenvalue weighted by Crippen LogP contribution is -2.34. The van der Waals surface area contributed by atoms with E-state index < -0.39 is 31.3 Å². The molecule has 0 heterocycles. The van der Waals surface area contributed by atoms with Crippen molar-refractivity contribution in [3.63, 3.8) is 0 Å². The largest absolute Gasteiger partial charge is 0.702 e. The molecule has 0 aromatic carbocycles. The van der Waals surface area contributed by atoms with Gasteiger partial charge in [0, 0.05) is 0 Å². The van der Waals surface area contributed by atoms with Gasteiger partial charge in [-0.3, -0.25) is 4.79 Å². The summed E-state index contributed by atoms with van der Waals surface area (Å²) in [5.41, 5.74) is 0.503. The molecule has 14 heteroatoms. The topological polar surface area (TPSA) is 43.4 Å². The van der Waals surface area contributed by atoms with Crippen LogP contribution in [-0.4, -0.2) is 49.5 Å². The van der Waals surface area contributed by atoms with Crippen molar-refractivity contribution in [3.05, 3.63) is 11.6 Å². The van der Waals surface area contributed by atoms with Gasteiger partial charge in [0.2, 0.25) is 0 Å². The summed E-state index contributed by atoms with van der Waals surface area (Å²) in [5.74, 6) is -4.01. The highest BCUT2D eigenvalue weighted by molar-refractivity contribution is 7.95. The van der Waals surface area contributed by atoms with E-state index in [-0.39, 0.29) is 0 Å². The molecule has 0 radical (unpaired) electrons. The Hall–Kier alpha value is -1.34. The van der Waals surface area contributed by atoms with Crippen LogP contribution in [0.25, 0.3) is 0 Å². The second kappa shape index (κ2) is 10.7. The van der Waals surface area contributed by atoms with Crippen molar-refractivity contribution < 1.29 is 53.5 Å². The van der Waals surface area contributed by atoms with Gasteiger partial charge >= 0.3 is 25.5 Å². The molecular weight excluding hydrogens is 406 g/mol. The molecule has 0 aliphatic rings. The molecule has 0 bridgehead atoms.